The van der Waals surface area contributed by atoms with Gasteiger partial charge in [0.2, 0.25) is 0 Å². The van der Waals surface area contributed by atoms with Crippen LogP contribution in [0.1, 0.15) is 21.5 Å². The third-order valence-electron chi connectivity index (χ3n) is 4.13. The molecule has 2 aromatic rings. The smallest absolute Gasteiger partial charge is 0.251 e. The van der Waals surface area contributed by atoms with Crippen LogP contribution < -0.4 is 25.8 Å². The SMILES string of the molecule is COc1ccc(CCN=C(N)NCCNC(=O)c2cccc(C)c2)cc1OC.I. The van der Waals surface area contributed by atoms with E-state index in [4.69, 9.17) is 15.2 Å². The van der Waals surface area contributed by atoms with E-state index < -0.39 is 0 Å². The monoisotopic (exact) mass is 512 g/mol. The van der Waals surface area contributed by atoms with E-state index in [1.54, 1.807) is 20.3 Å². The first-order chi connectivity index (χ1) is 13.5. The van der Waals surface area contributed by atoms with Crippen molar-refractivity contribution in [3.05, 3.63) is 59.2 Å². The Morgan fingerprint density at radius 2 is 1.76 bits per heavy atom. The third kappa shape index (κ3) is 8.18. The Hall–Kier alpha value is -2.49. The minimum atomic E-state index is -0.102. The molecule has 0 atom stereocenters. The average molecular weight is 512 g/mol. The first kappa shape index (κ1) is 24.5. The number of nitrogens with two attached hydrogens (primary N) is 1. The van der Waals surface area contributed by atoms with E-state index in [0.29, 0.717) is 42.7 Å². The Kier molecular flexibility index (Phi) is 10.9. The number of guanidine groups is 1. The summed E-state index contributed by atoms with van der Waals surface area (Å²) in [4.78, 5) is 16.4. The van der Waals surface area contributed by atoms with E-state index in [9.17, 15) is 4.79 Å². The molecule has 0 aliphatic heterocycles. The summed E-state index contributed by atoms with van der Waals surface area (Å²) >= 11 is 0. The van der Waals surface area contributed by atoms with Gasteiger partial charge in [-0.2, -0.15) is 0 Å². The van der Waals surface area contributed by atoms with Gasteiger partial charge in [-0.05, 0) is 43.2 Å². The summed E-state index contributed by atoms with van der Waals surface area (Å²) in [6.07, 6.45) is 0.729. The van der Waals surface area contributed by atoms with Gasteiger partial charge in [0.15, 0.2) is 17.5 Å². The number of halogens is 1. The molecule has 0 fully saturated rings. The number of nitrogens with one attached hydrogen (secondary N) is 2. The standard InChI is InChI=1S/C21H28N4O3.HI/c1-15-5-4-6-17(13-15)20(26)23-11-12-25-21(22)24-10-9-16-7-8-18(27-2)19(14-16)28-3;/h4-8,13-14H,9-12H2,1-3H3,(H,23,26)(H3,22,24,25);1H. The van der Waals surface area contributed by atoms with Gasteiger partial charge in [-0.15, -0.1) is 24.0 Å². The van der Waals surface area contributed by atoms with Crippen molar-refractivity contribution in [1.82, 2.24) is 10.6 Å². The summed E-state index contributed by atoms with van der Waals surface area (Å²) in [6.45, 7) is 3.46. The lowest BCUT2D eigenvalue weighted by atomic mass is 10.1. The van der Waals surface area contributed by atoms with Gasteiger partial charge in [0.25, 0.3) is 5.91 Å². The Balaban J connectivity index is 0.00000420. The second kappa shape index (κ2) is 12.9. The number of amides is 1. The lowest BCUT2D eigenvalue weighted by Gasteiger charge is -2.09. The summed E-state index contributed by atoms with van der Waals surface area (Å²) in [6, 6.07) is 13.2. The number of hydrogen-bond donors (Lipinski definition) is 3. The van der Waals surface area contributed by atoms with Crippen LogP contribution in [0.25, 0.3) is 0 Å². The van der Waals surface area contributed by atoms with Crippen molar-refractivity contribution in [2.24, 2.45) is 10.7 Å². The summed E-state index contributed by atoms with van der Waals surface area (Å²) in [5.41, 5.74) is 8.65. The fraction of sp³-hybridized carbons (Fsp3) is 0.333. The van der Waals surface area contributed by atoms with Crippen LogP contribution >= 0.6 is 24.0 Å². The van der Waals surface area contributed by atoms with Crippen LogP contribution in [0.5, 0.6) is 11.5 Å². The molecule has 4 N–H and O–H groups in total. The summed E-state index contributed by atoms with van der Waals surface area (Å²) < 4.78 is 10.5. The number of hydrogen-bond acceptors (Lipinski definition) is 4. The fourth-order valence-electron chi connectivity index (χ4n) is 2.65. The molecule has 8 heteroatoms. The lowest BCUT2D eigenvalue weighted by Crippen LogP contribution is -2.38. The number of aryl methyl sites for hydroxylation is 1. The summed E-state index contributed by atoms with van der Waals surface area (Å²) in [5.74, 6) is 1.64. The molecule has 0 heterocycles. The minimum Gasteiger partial charge on any atom is -0.493 e. The quantitative estimate of drug-likeness (QED) is 0.208. The van der Waals surface area contributed by atoms with Crippen LogP contribution in [0.3, 0.4) is 0 Å². The molecular formula is C21H29IN4O3. The second-order valence-electron chi connectivity index (χ2n) is 6.26. The van der Waals surface area contributed by atoms with Gasteiger partial charge < -0.3 is 25.8 Å². The van der Waals surface area contributed by atoms with Crippen molar-refractivity contribution in [1.29, 1.82) is 0 Å². The topological polar surface area (TPSA) is 98.0 Å². The molecule has 0 aliphatic carbocycles. The van der Waals surface area contributed by atoms with Gasteiger partial charge in [0, 0.05) is 25.2 Å². The van der Waals surface area contributed by atoms with Crippen molar-refractivity contribution >= 4 is 35.8 Å². The van der Waals surface area contributed by atoms with Crippen LogP contribution in [-0.2, 0) is 6.42 Å². The zero-order valence-electron chi connectivity index (χ0n) is 17.0. The van der Waals surface area contributed by atoms with Crippen molar-refractivity contribution in [2.45, 2.75) is 13.3 Å². The molecule has 7 nitrogen and oxygen atoms in total. The molecular weight excluding hydrogens is 483 g/mol. The molecule has 158 valence electrons. The van der Waals surface area contributed by atoms with E-state index >= 15 is 0 Å². The van der Waals surface area contributed by atoms with Crippen LogP contribution in [-0.4, -0.2) is 45.7 Å². The predicted octanol–water partition coefficient (Wildman–Crippen LogP) is 2.51. The summed E-state index contributed by atoms with van der Waals surface area (Å²) in [5, 5.41) is 5.85. The second-order valence-corrected chi connectivity index (χ2v) is 6.26. The lowest BCUT2D eigenvalue weighted by molar-refractivity contribution is 0.0954. The Bertz CT molecular complexity index is 827. The van der Waals surface area contributed by atoms with Crippen LogP contribution in [0.15, 0.2) is 47.5 Å². The van der Waals surface area contributed by atoms with Gasteiger partial charge in [-0.1, -0.05) is 23.8 Å². The predicted molar refractivity (Wildman–Crippen MR) is 127 cm³/mol. The van der Waals surface area contributed by atoms with Crippen molar-refractivity contribution < 1.29 is 14.3 Å². The Morgan fingerprint density at radius 1 is 1.03 bits per heavy atom. The molecule has 29 heavy (non-hydrogen) atoms. The van der Waals surface area contributed by atoms with Gasteiger partial charge in [-0.25, -0.2) is 0 Å². The average Bonchev–Trinajstić information content (AvgIpc) is 2.70. The van der Waals surface area contributed by atoms with E-state index in [0.717, 1.165) is 17.5 Å². The molecule has 0 aromatic heterocycles. The molecule has 0 saturated carbocycles. The van der Waals surface area contributed by atoms with E-state index in [-0.39, 0.29) is 29.9 Å². The molecule has 2 rings (SSSR count). The number of ether oxygens (including phenoxy) is 2. The largest absolute Gasteiger partial charge is 0.493 e. The number of benzene rings is 2. The van der Waals surface area contributed by atoms with E-state index in [1.807, 2.05) is 43.3 Å². The molecule has 1 amide bonds. The minimum absolute atomic E-state index is 0. The van der Waals surface area contributed by atoms with Gasteiger partial charge in [-0.3, -0.25) is 9.79 Å². The normalized spacial score (nSPS) is 10.7. The highest BCUT2D eigenvalue weighted by Crippen LogP contribution is 2.27. The number of carbonyl (C=O) groups excluding carboxylic acids is 1. The molecule has 0 saturated heterocycles. The van der Waals surface area contributed by atoms with Crippen LogP contribution in [0.4, 0.5) is 0 Å². The maximum absolute atomic E-state index is 12.0. The maximum Gasteiger partial charge on any atom is 0.251 e. The Labute approximate surface area is 189 Å². The first-order valence-corrected chi connectivity index (χ1v) is 9.13. The van der Waals surface area contributed by atoms with Crippen molar-refractivity contribution in [3.63, 3.8) is 0 Å². The first-order valence-electron chi connectivity index (χ1n) is 9.13. The highest BCUT2D eigenvalue weighted by molar-refractivity contribution is 14.0. The van der Waals surface area contributed by atoms with E-state index in [1.165, 1.54) is 0 Å². The molecule has 0 unspecified atom stereocenters. The highest BCUT2D eigenvalue weighted by Gasteiger charge is 2.05. The number of rotatable bonds is 9. The molecule has 0 aliphatic rings. The maximum atomic E-state index is 12.0. The third-order valence-corrected chi connectivity index (χ3v) is 4.13. The van der Waals surface area contributed by atoms with Crippen molar-refractivity contribution in [3.8, 4) is 11.5 Å². The zero-order chi connectivity index (χ0) is 20.4. The van der Waals surface area contributed by atoms with Crippen molar-refractivity contribution in [2.75, 3.05) is 33.9 Å². The zero-order valence-corrected chi connectivity index (χ0v) is 19.4. The molecule has 0 spiro atoms. The fourth-order valence-corrected chi connectivity index (χ4v) is 2.65. The number of aliphatic imine (C=N–C) groups is 1. The summed E-state index contributed by atoms with van der Waals surface area (Å²) in [7, 11) is 3.22. The van der Waals surface area contributed by atoms with Gasteiger partial charge in [0.1, 0.15) is 0 Å². The number of carbonyl (C=O) groups is 1. The number of nitrogens with zero attached hydrogens (tertiary/aromatic N) is 1. The van der Waals surface area contributed by atoms with Crippen LogP contribution in [0, 0.1) is 6.92 Å². The molecule has 2 aromatic carbocycles. The number of methoxy groups -OCH3 is 2. The van der Waals surface area contributed by atoms with E-state index in [2.05, 4.69) is 15.6 Å². The Morgan fingerprint density at radius 3 is 2.45 bits per heavy atom. The van der Waals surface area contributed by atoms with Crippen LogP contribution in [0.2, 0.25) is 0 Å². The molecule has 0 radical (unpaired) electrons. The molecule has 0 bridgehead atoms. The van der Waals surface area contributed by atoms with Gasteiger partial charge in [0.05, 0.1) is 14.2 Å². The van der Waals surface area contributed by atoms with Gasteiger partial charge >= 0.3 is 0 Å². The highest BCUT2D eigenvalue weighted by atomic mass is 127.